The van der Waals surface area contributed by atoms with Crippen LogP contribution in [0.3, 0.4) is 0 Å². The monoisotopic (exact) mass is 498 g/mol. The quantitative estimate of drug-likeness (QED) is 0.421. The average Bonchev–Trinajstić information content (AvgIpc) is 2.93. The summed E-state index contributed by atoms with van der Waals surface area (Å²) in [5, 5.41) is 18.8. The Kier molecular flexibility index (Phi) is 8.46. The smallest absolute Gasteiger partial charge is 0.251 e. The molecule has 0 spiro atoms. The first-order valence-corrected chi connectivity index (χ1v) is 12.6. The molecule has 7 nitrogen and oxygen atoms in total. The van der Waals surface area contributed by atoms with E-state index in [1.54, 1.807) is 29.4 Å². The molecule has 0 aliphatic carbocycles. The van der Waals surface area contributed by atoms with Crippen molar-refractivity contribution in [3.8, 4) is 5.75 Å². The number of benzene rings is 2. The Morgan fingerprint density at radius 3 is 2.27 bits per heavy atom. The number of aliphatic hydroxyl groups excluding tert-OH is 1. The van der Waals surface area contributed by atoms with Gasteiger partial charge in [0, 0.05) is 24.7 Å². The van der Waals surface area contributed by atoms with Gasteiger partial charge in [-0.1, -0.05) is 50.2 Å². The number of hydrogen-bond donors (Lipinski definition) is 2. The van der Waals surface area contributed by atoms with Crippen molar-refractivity contribution in [2.45, 2.75) is 45.3 Å². The third-order valence-electron chi connectivity index (χ3n) is 6.59. The van der Waals surface area contributed by atoms with Crippen LogP contribution in [0, 0.1) is 5.41 Å². The van der Waals surface area contributed by atoms with Crippen molar-refractivity contribution in [2.75, 3.05) is 19.6 Å². The van der Waals surface area contributed by atoms with Crippen molar-refractivity contribution in [2.24, 2.45) is 4.99 Å². The Morgan fingerprint density at radius 1 is 1.00 bits per heavy atom. The topological polar surface area (TPSA) is 98.9 Å². The summed E-state index contributed by atoms with van der Waals surface area (Å²) in [5.41, 5.74) is 5.14. The molecule has 37 heavy (non-hydrogen) atoms. The number of carbonyl (C=O) groups is 1. The normalized spacial score (nSPS) is 15.2. The third kappa shape index (κ3) is 6.49. The highest BCUT2D eigenvalue weighted by atomic mass is 16.5. The van der Waals surface area contributed by atoms with Crippen LogP contribution in [-0.4, -0.2) is 58.1 Å². The number of aliphatic imine (C=N–C) groups is 1. The number of aliphatic hydroxyl groups is 1. The second kappa shape index (κ2) is 11.9. The van der Waals surface area contributed by atoms with Crippen molar-refractivity contribution in [1.82, 2.24) is 9.88 Å². The van der Waals surface area contributed by atoms with Gasteiger partial charge < -0.3 is 20.2 Å². The lowest BCUT2D eigenvalue weighted by atomic mass is 9.85. The fraction of sp³-hybridized carbons (Fsp3) is 0.333. The molecule has 2 unspecified atom stereocenters. The molecule has 0 radical (unpaired) electrons. The molecule has 1 aliphatic heterocycles. The van der Waals surface area contributed by atoms with Crippen LogP contribution in [0.15, 0.2) is 78.0 Å². The minimum Gasteiger partial charge on any atom is -0.489 e. The number of ether oxygens (including phenoxy) is 1. The molecule has 7 heteroatoms. The molecule has 2 N–H and O–H groups in total. The van der Waals surface area contributed by atoms with E-state index in [0.717, 1.165) is 28.2 Å². The standard InChI is InChI=1S/C30H34N4O3/c1-20(2)23-6-4-22(5-7-23)19-37-26-10-8-24(9-11-26)28(29(31)25-12-14-32-15-13-25)27-18-34(17-16-33-27)30(36)21(3)35/h4-15,20-21,28,31,35H,16-19H2,1-3H3. The number of nitrogens with one attached hydrogen (secondary N) is 1. The number of rotatable bonds is 9. The zero-order valence-corrected chi connectivity index (χ0v) is 21.6. The zero-order valence-electron chi connectivity index (χ0n) is 21.6. The van der Waals surface area contributed by atoms with Crippen LogP contribution in [0.5, 0.6) is 5.75 Å². The van der Waals surface area contributed by atoms with Gasteiger partial charge in [-0.05, 0) is 59.4 Å². The summed E-state index contributed by atoms with van der Waals surface area (Å²) in [6, 6.07) is 19.8. The first-order valence-electron chi connectivity index (χ1n) is 12.6. The largest absolute Gasteiger partial charge is 0.489 e. The van der Waals surface area contributed by atoms with E-state index in [-0.39, 0.29) is 12.5 Å². The van der Waals surface area contributed by atoms with Crippen LogP contribution in [0.4, 0.5) is 0 Å². The lowest BCUT2D eigenvalue weighted by Crippen LogP contribution is -2.47. The number of nitrogens with zero attached hydrogens (tertiary/aromatic N) is 3. The van der Waals surface area contributed by atoms with Gasteiger partial charge in [-0.25, -0.2) is 0 Å². The second-order valence-corrected chi connectivity index (χ2v) is 9.65. The number of amides is 1. The van der Waals surface area contributed by atoms with Crippen LogP contribution in [0.25, 0.3) is 0 Å². The van der Waals surface area contributed by atoms with Gasteiger partial charge in [-0.2, -0.15) is 0 Å². The fourth-order valence-corrected chi connectivity index (χ4v) is 4.42. The molecule has 1 aliphatic rings. The van der Waals surface area contributed by atoms with Crippen molar-refractivity contribution >= 4 is 17.3 Å². The van der Waals surface area contributed by atoms with Crippen molar-refractivity contribution in [1.29, 1.82) is 5.41 Å². The predicted molar refractivity (Wildman–Crippen MR) is 146 cm³/mol. The molecular weight excluding hydrogens is 464 g/mol. The zero-order chi connectivity index (χ0) is 26.4. The van der Waals surface area contributed by atoms with Crippen LogP contribution in [-0.2, 0) is 11.4 Å². The first-order chi connectivity index (χ1) is 17.8. The molecule has 0 saturated carbocycles. The van der Waals surface area contributed by atoms with Gasteiger partial charge in [0.15, 0.2) is 0 Å². The molecule has 4 rings (SSSR count). The minimum absolute atomic E-state index is 0.270. The molecule has 3 aromatic rings. The van der Waals surface area contributed by atoms with Gasteiger partial charge in [0.1, 0.15) is 18.5 Å². The predicted octanol–water partition coefficient (Wildman–Crippen LogP) is 4.60. The first kappa shape index (κ1) is 26.2. The highest BCUT2D eigenvalue weighted by molar-refractivity contribution is 6.18. The molecule has 2 aromatic carbocycles. The van der Waals surface area contributed by atoms with Crippen molar-refractivity contribution in [3.05, 3.63) is 95.3 Å². The number of carbonyl (C=O) groups excluding carboxylic acids is 1. The average molecular weight is 499 g/mol. The van der Waals surface area contributed by atoms with Crippen LogP contribution < -0.4 is 4.74 Å². The molecule has 0 bridgehead atoms. The van der Waals surface area contributed by atoms with Crippen molar-refractivity contribution < 1.29 is 14.6 Å². The van der Waals surface area contributed by atoms with E-state index in [1.807, 2.05) is 24.3 Å². The fourth-order valence-electron chi connectivity index (χ4n) is 4.42. The SMILES string of the molecule is CC(O)C(=O)N1CCN=C(C(C(=N)c2ccncc2)c2ccc(OCc3ccc(C(C)C)cc3)cc2)C1. The summed E-state index contributed by atoms with van der Waals surface area (Å²) >= 11 is 0. The summed E-state index contributed by atoms with van der Waals surface area (Å²) < 4.78 is 6.02. The Balaban J connectivity index is 1.54. The van der Waals surface area contributed by atoms with Crippen molar-refractivity contribution in [3.63, 3.8) is 0 Å². The van der Waals surface area contributed by atoms with Gasteiger partial charge in [-0.15, -0.1) is 0 Å². The van der Waals surface area contributed by atoms with Crippen LogP contribution in [0.2, 0.25) is 0 Å². The summed E-state index contributed by atoms with van der Waals surface area (Å²) in [6.45, 7) is 7.45. The molecule has 0 saturated heterocycles. The Hall–Kier alpha value is -3.84. The van der Waals surface area contributed by atoms with Gasteiger partial charge in [0.05, 0.1) is 24.7 Å². The Labute approximate surface area is 218 Å². The van der Waals surface area contributed by atoms with E-state index in [4.69, 9.17) is 15.1 Å². The minimum atomic E-state index is -1.07. The molecule has 2 atom stereocenters. The third-order valence-corrected chi connectivity index (χ3v) is 6.59. The summed E-state index contributed by atoms with van der Waals surface area (Å²) in [5.74, 6) is 0.464. The molecule has 2 heterocycles. The lowest BCUT2D eigenvalue weighted by Gasteiger charge is -2.31. The van der Waals surface area contributed by atoms with Gasteiger partial charge in [0.2, 0.25) is 0 Å². The van der Waals surface area contributed by atoms with E-state index in [2.05, 4.69) is 43.1 Å². The highest BCUT2D eigenvalue weighted by Crippen LogP contribution is 2.27. The Bertz CT molecular complexity index is 1240. The molecule has 1 amide bonds. The lowest BCUT2D eigenvalue weighted by molar-refractivity contribution is -0.138. The molecular formula is C30H34N4O3. The molecule has 1 aromatic heterocycles. The van der Waals surface area contributed by atoms with Gasteiger partial charge in [0.25, 0.3) is 5.91 Å². The number of aromatic nitrogens is 1. The summed E-state index contributed by atoms with van der Waals surface area (Å²) in [6.07, 6.45) is 2.25. The summed E-state index contributed by atoms with van der Waals surface area (Å²) in [4.78, 5) is 22.9. The summed E-state index contributed by atoms with van der Waals surface area (Å²) in [7, 11) is 0. The maximum absolute atomic E-state index is 12.5. The van der Waals surface area contributed by atoms with Gasteiger partial charge in [-0.3, -0.25) is 14.8 Å². The van der Waals surface area contributed by atoms with E-state index >= 15 is 0 Å². The maximum Gasteiger partial charge on any atom is 0.251 e. The van der Waals surface area contributed by atoms with Gasteiger partial charge >= 0.3 is 0 Å². The molecule has 192 valence electrons. The van der Waals surface area contributed by atoms with Crippen LogP contribution >= 0.6 is 0 Å². The second-order valence-electron chi connectivity index (χ2n) is 9.65. The Morgan fingerprint density at radius 2 is 1.65 bits per heavy atom. The van der Waals surface area contributed by atoms with E-state index in [1.165, 1.54) is 12.5 Å². The van der Waals surface area contributed by atoms with E-state index < -0.39 is 12.0 Å². The van der Waals surface area contributed by atoms with E-state index in [9.17, 15) is 9.90 Å². The van der Waals surface area contributed by atoms with Crippen LogP contribution in [0.1, 0.15) is 54.9 Å². The number of hydrogen-bond acceptors (Lipinski definition) is 6. The maximum atomic E-state index is 12.5. The molecule has 0 fully saturated rings. The number of pyridine rings is 1. The van der Waals surface area contributed by atoms with E-state index in [0.29, 0.717) is 31.3 Å². The highest BCUT2D eigenvalue weighted by Gasteiger charge is 2.30.